The Morgan fingerprint density at radius 3 is 1.60 bits per heavy atom. The van der Waals surface area contributed by atoms with Crippen LogP contribution in [0.25, 0.3) is 0 Å². The second-order valence-corrected chi connectivity index (χ2v) is 26.2. The van der Waals surface area contributed by atoms with Gasteiger partial charge in [-0.3, -0.25) is 53.6 Å². The summed E-state index contributed by atoms with van der Waals surface area (Å²) < 4.78 is 5.49. The fourth-order valence-electron chi connectivity index (χ4n) is 10.4. The van der Waals surface area contributed by atoms with Crippen LogP contribution in [0, 0.1) is 41.4 Å². The minimum Gasteiger partial charge on any atom is -0.391 e. The van der Waals surface area contributed by atoms with E-state index in [1.54, 1.807) is 27.8 Å². The number of aliphatic hydroxyl groups is 1. The fourth-order valence-corrected chi connectivity index (χ4v) is 10.4. The maximum absolute atomic E-state index is 15.2. The molecule has 0 aliphatic carbocycles. The maximum atomic E-state index is 15.2. The number of hydrazine groups is 1. The minimum absolute atomic E-state index is 0.0446. The Morgan fingerprint density at radius 1 is 0.635 bits per heavy atom. The normalized spacial score (nSPS) is 25.9. The molecule has 10 N–H and O–H groups in total. The van der Waals surface area contributed by atoms with Crippen molar-refractivity contribution in [1.82, 2.24) is 61.0 Å². The van der Waals surface area contributed by atoms with Gasteiger partial charge in [0.15, 0.2) is 0 Å². The number of ether oxygens (including phenoxy) is 1. The lowest BCUT2D eigenvalue weighted by molar-refractivity contribution is -0.152. The van der Waals surface area contributed by atoms with Gasteiger partial charge in [-0.05, 0) is 121 Å². The van der Waals surface area contributed by atoms with Crippen molar-refractivity contribution in [3.8, 4) is 0 Å². The van der Waals surface area contributed by atoms with Gasteiger partial charge in [0.1, 0.15) is 48.1 Å². The summed E-state index contributed by atoms with van der Waals surface area (Å²) in [5.74, 6) is 4.70. The molecule has 1 aliphatic heterocycles. The number of aliphatic hydroxyl groups excluding tert-OH is 1. The van der Waals surface area contributed by atoms with Gasteiger partial charge in [0.05, 0.1) is 31.5 Å². The zero-order chi connectivity index (χ0) is 65.7. The predicted molar refractivity (Wildman–Crippen MR) is 329 cm³/mol. The number of hydrazone groups is 1. The van der Waals surface area contributed by atoms with Gasteiger partial charge in [0.2, 0.25) is 41.4 Å². The molecular weight excluding hydrogens is 1090 g/mol. The van der Waals surface area contributed by atoms with Crippen molar-refractivity contribution in [2.24, 2.45) is 58.2 Å². The minimum atomic E-state index is -1.61. The quantitative estimate of drug-likeness (QED) is 0.0229. The Labute approximate surface area is 508 Å². The molecule has 26 nitrogen and oxygen atoms in total. The van der Waals surface area contributed by atoms with Crippen LogP contribution in [0.15, 0.2) is 5.10 Å². The smallest absolute Gasteiger partial charge is 0.391 e. The van der Waals surface area contributed by atoms with Crippen LogP contribution in [0.4, 0.5) is 4.79 Å². The zero-order valence-corrected chi connectivity index (χ0v) is 55.6. The molecule has 0 radical (unpaired) electrons. The molecule has 4 unspecified atom stereocenters. The largest absolute Gasteiger partial charge is 0.417 e. The van der Waals surface area contributed by atoms with Crippen molar-refractivity contribution in [2.45, 2.75) is 210 Å². The van der Waals surface area contributed by atoms with E-state index < -0.39 is 127 Å². The number of hydrogen-bond acceptors (Lipinski definition) is 17. The van der Waals surface area contributed by atoms with Gasteiger partial charge in [0, 0.05) is 35.2 Å². The zero-order valence-electron chi connectivity index (χ0n) is 55.6. The number of nitrogens with one attached hydrogen (secondary N) is 5. The summed E-state index contributed by atoms with van der Waals surface area (Å²) in [6, 6.07) is -8.64. The van der Waals surface area contributed by atoms with Crippen molar-refractivity contribution in [3.05, 3.63) is 0 Å². The number of esters is 1. The molecule has 0 bridgehead atoms. The second kappa shape index (κ2) is 36.4. The molecule has 11 atom stereocenters. The highest BCUT2D eigenvalue weighted by atomic mass is 16.6. The number of amidine groups is 1. The molecule has 0 saturated carbocycles. The molecule has 1 fully saturated rings. The lowest BCUT2D eigenvalue weighted by Gasteiger charge is -2.40. The highest BCUT2D eigenvalue weighted by Gasteiger charge is 2.43. The summed E-state index contributed by atoms with van der Waals surface area (Å²) in [7, 11) is 10.7. The second-order valence-electron chi connectivity index (χ2n) is 26.2. The number of amides is 8. The first-order chi connectivity index (χ1) is 39.3. The first kappa shape index (κ1) is 77.3. The third kappa shape index (κ3) is 24.9. The molecule has 1 saturated heterocycles. The van der Waals surface area contributed by atoms with E-state index in [0.717, 1.165) is 9.80 Å². The molecule has 0 spiro atoms. The van der Waals surface area contributed by atoms with Crippen LogP contribution in [0.2, 0.25) is 0 Å². The third-order valence-electron chi connectivity index (χ3n) is 15.5. The molecule has 8 amide bonds. The van der Waals surface area contributed by atoms with Crippen LogP contribution in [0.3, 0.4) is 0 Å². The van der Waals surface area contributed by atoms with E-state index in [9.17, 15) is 43.5 Å². The fraction of sp³-hybridized carbons (Fsp3) is 0.831. The molecule has 490 valence electrons. The summed E-state index contributed by atoms with van der Waals surface area (Å²) >= 11 is 0. The molecular formula is C59H113N15O11. The number of nitrogens with two attached hydrogens (primary N) is 2. The highest BCUT2D eigenvalue weighted by molar-refractivity contribution is 5.97. The van der Waals surface area contributed by atoms with Crippen molar-refractivity contribution >= 4 is 59.2 Å². The summed E-state index contributed by atoms with van der Waals surface area (Å²) in [5, 5.41) is 27.0. The molecule has 1 heterocycles. The van der Waals surface area contributed by atoms with Crippen molar-refractivity contribution in [3.63, 3.8) is 0 Å². The van der Waals surface area contributed by atoms with Gasteiger partial charge < -0.3 is 56.7 Å². The Kier molecular flexibility index (Phi) is 33.2. The Balaban J connectivity index is 4.29. The van der Waals surface area contributed by atoms with E-state index in [0.29, 0.717) is 31.6 Å². The molecule has 0 aromatic carbocycles. The SMILES string of the molecule is CC(C)C[C@@H]1C(=O)N[C@H](CC(C)C)C(=O)N(C)C(C(C)C)C(=O)N(C)C(C[C@H](C)CCN(C)C/C(=N/N)NN)C(=O)NC([C@@H](C)O)C(=O)N(C)CC(=O)N(C)[C@@H](CC(C)C)C(=O)N[C@H](CC(C)C)N(C)[C@H](CC(C)C)NC(C)C(=O)OC(=O)N1C. The van der Waals surface area contributed by atoms with E-state index in [1.165, 1.54) is 56.9 Å². The molecule has 0 aromatic heterocycles. The number of carbonyl (C=O) groups is 9. The lowest BCUT2D eigenvalue weighted by atomic mass is 9.94. The van der Waals surface area contributed by atoms with Crippen molar-refractivity contribution in [1.29, 1.82) is 0 Å². The van der Waals surface area contributed by atoms with Crippen molar-refractivity contribution < 1.29 is 53.0 Å². The highest BCUT2D eigenvalue weighted by Crippen LogP contribution is 2.24. The van der Waals surface area contributed by atoms with E-state index in [2.05, 4.69) is 31.8 Å². The van der Waals surface area contributed by atoms with Crippen LogP contribution in [-0.4, -0.2) is 228 Å². The van der Waals surface area contributed by atoms with Crippen molar-refractivity contribution in [2.75, 3.05) is 69.0 Å². The van der Waals surface area contributed by atoms with Gasteiger partial charge in [0.25, 0.3) is 0 Å². The Hall–Kier alpha value is -5.70. The van der Waals surface area contributed by atoms with Gasteiger partial charge in [-0.25, -0.2) is 15.4 Å². The van der Waals surface area contributed by atoms with Gasteiger partial charge in [-0.1, -0.05) is 90.0 Å². The Bertz CT molecular complexity index is 2210. The lowest BCUT2D eigenvalue weighted by Crippen LogP contribution is -2.62. The molecule has 0 aromatic rings. The number of hydrogen-bond donors (Lipinski definition) is 8. The number of carbonyl (C=O) groups excluding carboxylic acids is 9. The third-order valence-corrected chi connectivity index (χ3v) is 15.5. The van der Waals surface area contributed by atoms with Gasteiger partial charge in [-0.15, -0.1) is 0 Å². The first-order valence-corrected chi connectivity index (χ1v) is 30.3. The van der Waals surface area contributed by atoms with E-state index in [1.807, 2.05) is 93.0 Å². The summed E-state index contributed by atoms with van der Waals surface area (Å²) in [5.41, 5.74) is 2.45. The Morgan fingerprint density at radius 2 is 1.12 bits per heavy atom. The van der Waals surface area contributed by atoms with E-state index in [-0.39, 0.29) is 67.7 Å². The molecule has 1 rings (SSSR count). The van der Waals surface area contributed by atoms with Crippen LogP contribution >= 0.6 is 0 Å². The predicted octanol–water partition coefficient (Wildman–Crippen LogP) is 1.90. The average molecular weight is 1210 g/mol. The average Bonchev–Trinajstić information content (AvgIpc) is 3.62. The molecule has 85 heavy (non-hydrogen) atoms. The van der Waals surface area contributed by atoms with Crippen LogP contribution < -0.4 is 38.4 Å². The van der Waals surface area contributed by atoms with E-state index >= 15 is 4.79 Å². The summed E-state index contributed by atoms with van der Waals surface area (Å²) in [6.07, 6.45) is -1.85. The topological polar surface area (TPSA) is 330 Å². The molecule has 26 heteroatoms. The van der Waals surface area contributed by atoms with Crippen LogP contribution in [0.1, 0.15) is 149 Å². The summed E-state index contributed by atoms with van der Waals surface area (Å²) in [6.45, 7) is 27.7. The maximum Gasteiger partial charge on any atom is 0.417 e. The van der Waals surface area contributed by atoms with E-state index in [4.69, 9.17) is 16.4 Å². The van der Waals surface area contributed by atoms with Crippen LogP contribution in [-0.2, 0) is 43.1 Å². The van der Waals surface area contributed by atoms with Crippen LogP contribution in [0.5, 0.6) is 0 Å². The molecule has 1 aliphatic rings. The number of cyclic esters (lactones) is 2. The summed E-state index contributed by atoms with van der Waals surface area (Å²) in [4.78, 5) is 141. The monoisotopic (exact) mass is 1210 g/mol. The number of nitrogens with zero attached hydrogens (tertiary/aromatic N) is 8. The number of likely N-dealkylation sites (N-methyl/N-ethyl adjacent to an activating group) is 6. The van der Waals surface area contributed by atoms with Gasteiger partial charge in [-0.2, -0.15) is 5.10 Å². The first-order valence-electron chi connectivity index (χ1n) is 30.3. The van der Waals surface area contributed by atoms with Gasteiger partial charge >= 0.3 is 12.1 Å². The standard InChI is InChI=1S/C59H113N15O11/c1-33(2)25-42-55(80)74(22)51(38(11)12)57(82)71(19)45(30-39(13)23-24-68(16)31-46(66-60)67-61)54(79)65-50(41(15)75)56(81)69(17)32-49(76)70(18)43(26-34(3)4)53(78)64-48(29-37(9)10)73(21)47(28-36(7)8)62-40(14)58(83)85-59(84)72(20)44(27-35(5)6)52(77)63-42/h33-45,47-48,50-51,62,75H,23-32,60-61H2,1-22H3,(H,63,77)(H,64,78)(H,65,79)(H,66,67)/t39-,40?,41-,42-,43+,44-,45?,47-,48+,50?,51?/m1/s1. The number of rotatable bonds is 19.